The molecule has 0 spiro atoms. The van der Waals surface area contributed by atoms with Gasteiger partial charge in [0.2, 0.25) is 11.9 Å². The van der Waals surface area contributed by atoms with E-state index in [9.17, 15) is 9.18 Å². The number of halogens is 2. The first kappa shape index (κ1) is 10.5. The Morgan fingerprint density at radius 1 is 1.38 bits per heavy atom. The number of nitrogens with zero attached hydrogens (tertiary/aromatic N) is 3. The quantitative estimate of drug-likeness (QED) is 0.769. The van der Waals surface area contributed by atoms with Crippen LogP contribution in [0.4, 0.5) is 16.0 Å². The zero-order valence-electron chi connectivity index (χ0n) is 7.74. The number of nitrogens with one attached hydrogen (secondary N) is 2. The van der Waals surface area contributed by atoms with E-state index in [1.807, 2.05) is 0 Å². The minimum Gasteiger partial charge on any atom is -0.321 e. The number of aromatic amines is 1. The SMILES string of the molecule is O=c1[nH]c(Nc2cncnc2F)ncc1Cl. The molecule has 0 aliphatic heterocycles. The van der Waals surface area contributed by atoms with Gasteiger partial charge in [-0.05, 0) is 0 Å². The lowest BCUT2D eigenvalue weighted by molar-refractivity contribution is 0.584. The lowest BCUT2D eigenvalue weighted by Crippen LogP contribution is -2.11. The van der Waals surface area contributed by atoms with Gasteiger partial charge in [0.1, 0.15) is 17.0 Å². The van der Waals surface area contributed by atoms with E-state index < -0.39 is 11.5 Å². The number of rotatable bonds is 2. The van der Waals surface area contributed by atoms with Gasteiger partial charge < -0.3 is 5.32 Å². The lowest BCUT2D eigenvalue weighted by Gasteiger charge is -2.04. The monoisotopic (exact) mass is 241 g/mol. The number of hydrogen-bond donors (Lipinski definition) is 2. The van der Waals surface area contributed by atoms with Crippen molar-refractivity contribution in [3.63, 3.8) is 0 Å². The third kappa shape index (κ3) is 2.14. The standard InChI is InChI=1S/C8H5ClFN5O/c9-4-1-12-8(15-7(4)16)14-5-2-11-3-13-6(5)10/h1-3H,(H2,12,14,15,16). The van der Waals surface area contributed by atoms with Crippen LogP contribution in [0.25, 0.3) is 0 Å². The molecule has 0 bridgehead atoms. The second-order valence-corrected chi connectivity index (χ2v) is 3.17. The predicted molar refractivity (Wildman–Crippen MR) is 55.1 cm³/mol. The molecule has 0 amide bonds. The van der Waals surface area contributed by atoms with Crippen molar-refractivity contribution < 1.29 is 4.39 Å². The van der Waals surface area contributed by atoms with Crippen LogP contribution >= 0.6 is 11.6 Å². The van der Waals surface area contributed by atoms with Crippen molar-refractivity contribution in [3.8, 4) is 0 Å². The fourth-order valence-electron chi connectivity index (χ4n) is 0.969. The minimum atomic E-state index is -0.743. The Morgan fingerprint density at radius 2 is 2.19 bits per heavy atom. The molecule has 2 rings (SSSR count). The lowest BCUT2D eigenvalue weighted by atomic mass is 10.5. The molecule has 2 aromatic heterocycles. The van der Waals surface area contributed by atoms with Gasteiger partial charge >= 0.3 is 0 Å². The molecule has 0 aliphatic carbocycles. The van der Waals surface area contributed by atoms with Gasteiger partial charge in [-0.15, -0.1) is 0 Å². The van der Waals surface area contributed by atoms with E-state index in [-0.39, 0.29) is 16.7 Å². The van der Waals surface area contributed by atoms with E-state index in [0.717, 1.165) is 12.5 Å². The van der Waals surface area contributed by atoms with Crippen molar-refractivity contribution in [3.05, 3.63) is 40.0 Å². The van der Waals surface area contributed by atoms with E-state index in [2.05, 4.69) is 25.3 Å². The highest BCUT2D eigenvalue weighted by Crippen LogP contribution is 2.12. The van der Waals surface area contributed by atoms with E-state index in [1.54, 1.807) is 0 Å². The van der Waals surface area contributed by atoms with Crippen molar-refractivity contribution >= 4 is 23.2 Å². The normalized spacial score (nSPS) is 10.1. The van der Waals surface area contributed by atoms with Gasteiger partial charge in [-0.1, -0.05) is 11.6 Å². The predicted octanol–water partition coefficient (Wildman–Crippen LogP) is 1.10. The van der Waals surface area contributed by atoms with Gasteiger partial charge in [-0.2, -0.15) is 4.39 Å². The summed E-state index contributed by atoms with van der Waals surface area (Å²) in [6, 6.07) is 0. The Morgan fingerprint density at radius 3 is 2.88 bits per heavy atom. The molecular formula is C8H5ClFN5O. The third-order valence-corrected chi connectivity index (χ3v) is 1.94. The van der Waals surface area contributed by atoms with E-state index in [4.69, 9.17) is 11.6 Å². The number of H-pyrrole nitrogens is 1. The first-order chi connectivity index (χ1) is 7.66. The average molecular weight is 242 g/mol. The number of anilines is 2. The second kappa shape index (κ2) is 4.23. The van der Waals surface area contributed by atoms with Crippen LogP contribution in [-0.2, 0) is 0 Å². The highest BCUT2D eigenvalue weighted by atomic mass is 35.5. The van der Waals surface area contributed by atoms with Crippen LogP contribution in [0.3, 0.4) is 0 Å². The maximum Gasteiger partial charge on any atom is 0.271 e. The molecule has 0 aromatic carbocycles. The molecule has 2 aromatic rings. The molecule has 0 saturated carbocycles. The van der Waals surface area contributed by atoms with Gasteiger partial charge in [0.15, 0.2) is 0 Å². The van der Waals surface area contributed by atoms with E-state index in [1.165, 1.54) is 6.20 Å². The van der Waals surface area contributed by atoms with Gasteiger partial charge in [0.25, 0.3) is 5.56 Å². The second-order valence-electron chi connectivity index (χ2n) is 2.76. The summed E-state index contributed by atoms with van der Waals surface area (Å²) in [5.74, 6) is -0.685. The topological polar surface area (TPSA) is 83.6 Å². The van der Waals surface area contributed by atoms with Crippen LogP contribution in [0.15, 0.2) is 23.5 Å². The molecule has 2 heterocycles. The Balaban J connectivity index is 2.31. The maximum absolute atomic E-state index is 13.1. The molecular weight excluding hydrogens is 237 g/mol. The molecule has 0 unspecified atom stereocenters. The van der Waals surface area contributed by atoms with Crippen LogP contribution in [0.5, 0.6) is 0 Å². The maximum atomic E-state index is 13.1. The molecule has 0 aliphatic rings. The molecule has 6 nitrogen and oxygen atoms in total. The minimum absolute atomic E-state index is 0.00738. The highest BCUT2D eigenvalue weighted by Gasteiger charge is 2.05. The molecule has 8 heteroatoms. The van der Waals surface area contributed by atoms with Gasteiger partial charge in [0.05, 0.1) is 12.4 Å². The zero-order chi connectivity index (χ0) is 11.5. The summed E-state index contributed by atoms with van der Waals surface area (Å²) < 4.78 is 13.1. The van der Waals surface area contributed by atoms with Crippen molar-refractivity contribution in [1.29, 1.82) is 0 Å². The van der Waals surface area contributed by atoms with Crippen molar-refractivity contribution in [2.24, 2.45) is 0 Å². The summed E-state index contributed by atoms with van der Waals surface area (Å²) in [7, 11) is 0. The van der Waals surface area contributed by atoms with Crippen molar-refractivity contribution in [1.82, 2.24) is 19.9 Å². The summed E-state index contributed by atoms with van der Waals surface area (Å²) in [6.07, 6.45) is 3.44. The summed E-state index contributed by atoms with van der Waals surface area (Å²) in [4.78, 5) is 24.1. The van der Waals surface area contributed by atoms with E-state index in [0.29, 0.717) is 0 Å². The van der Waals surface area contributed by atoms with Crippen LogP contribution in [0, 0.1) is 5.95 Å². The van der Waals surface area contributed by atoms with Gasteiger partial charge in [0, 0.05) is 0 Å². The fraction of sp³-hybridized carbons (Fsp3) is 0. The van der Waals surface area contributed by atoms with Crippen molar-refractivity contribution in [2.45, 2.75) is 0 Å². The highest BCUT2D eigenvalue weighted by molar-refractivity contribution is 6.30. The Labute approximate surface area is 93.5 Å². The first-order valence-corrected chi connectivity index (χ1v) is 4.52. The Bertz CT molecular complexity index is 572. The first-order valence-electron chi connectivity index (χ1n) is 4.14. The van der Waals surface area contributed by atoms with Gasteiger partial charge in [-0.3, -0.25) is 9.78 Å². The number of aromatic nitrogens is 4. The van der Waals surface area contributed by atoms with Gasteiger partial charge in [-0.25, -0.2) is 15.0 Å². The molecule has 2 N–H and O–H groups in total. The van der Waals surface area contributed by atoms with Crippen LogP contribution in [0.2, 0.25) is 5.02 Å². The third-order valence-electron chi connectivity index (χ3n) is 1.67. The van der Waals surface area contributed by atoms with Crippen LogP contribution in [-0.4, -0.2) is 19.9 Å². The molecule has 82 valence electrons. The largest absolute Gasteiger partial charge is 0.321 e. The average Bonchev–Trinajstić information content (AvgIpc) is 2.27. The van der Waals surface area contributed by atoms with Crippen LogP contribution in [0.1, 0.15) is 0 Å². The summed E-state index contributed by atoms with van der Waals surface area (Å²) in [5.41, 5.74) is -0.510. The summed E-state index contributed by atoms with van der Waals surface area (Å²) >= 11 is 5.48. The number of hydrogen-bond acceptors (Lipinski definition) is 5. The van der Waals surface area contributed by atoms with E-state index >= 15 is 0 Å². The smallest absolute Gasteiger partial charge is 0.271 e. The summed E-state index contributed by atoms with van der Waals surface area (Å²) in [6.45, 7) is 0. The molecule has 0 radical (unpaired) electrons. The summed E-state index contributed by atoms with van der Waals surface area (Å²) in [5, 5.41) is 2.47. The fourth-order valence-corrected chi connectivity index (χ4v) is 1.07. The molecule has 0 atom stereocenters. The molecule has 0 fully saturated rings. The molecule has 0 saturated heterocycles. The zero-order valence-corrected chi connectivity index (χ0v) is 8.49. The van der Waals surface area contributed by atoms with Crippen LogP contribution < -0.4 is 10.9 Å². The molecule has 16 heavy (non-hydrogen) atoms. The Kier molecular flexibility index (Phi) is 2.78. The Hall–Kier alpha value is -2.02. The van der Waals surface area contributed by atoms with Crippen molar-refractivity contribution in [2.75, 3.05) is 5.32 Å².